The summed E-state index contributed by atoms with van der Waals surface area (Å²) in [7, 11) is 0. The summed E-state index contributed by atoms with van der Waals surface area (Å²) < 4.78 is 0. The van der Waals surface area contributed by atoms with Crippen molar-refractivity contribution in [3.8, 4) is 0 Å². The van der Waals surface area contributed by atoms with Crippen LogP contribution in [0.4, 0.5) is 0 Å². The van der Waals surface area contributed by atoms with Crippen LogP contribution in [0.1, 0.15) is 20.8 Å². The lowest BCUT2D eigenvalue weighted by atomic mass is 10.1. The quantitative estimate of drug-likeness (QED) is 0.577. The first-order valence-electron chi connectivity index (χ1n) is 4.71. The van der Waals surface area contributed by atoms with Crippen LogP contribution < -0.4 is 10.6 Å². The molecule has 2 amide bonds. The fourth-order valence-electron chi connectivity index (χ4n) is 0.834. The van der Waals surface area contributed by atoms with E-state index < -0.39 is 0 Å². The van der Waals surface area contributed by atoms with Crippen LogP contribution in [-0.2, 0) is 9.59 Å². The van der Waals surface area contributed by atoms with Crippen molar-refractivity contribution in [3.63, 3.8) is 0 Å². The Labute approximate surface area is 90.2 Å². The van der Waals surface area contributed by atoms with E-state index in [1.165, 1.54) is 0 Å². The van der Waals surface area contributed by atoms with E-state index in [9.17, 15) is 9.59 Å². The van der Waals surface area contributed by atoms with Crippen LogP contribution in [0.25, 0.3) is 0 Å². The fraction of sp³-hybridized carbons (Fsp3) is 0.778. The fourth-order valence-corrected chi connectivity index (χ4v) is 0.926. The van der Waals surface area contributed by atoms with Gasteiger partial charge in [-0.2, -0.15) is 12.6 Å². The molecule has 1 atom stereocenters. The number of rotatable bonds is 5. The molecule has 0 radical (unpaired) electrons. The molecule has 0 spiro atoms. The van der Waals surface area contributed by atoms with Gasteiger partial charge in [0.2, 0.25) is 11.8 Å². The average Bonchev–Trinajstić information content (AvgIpc) is 2.13. The first-order chi connectivity index (χ1) is 6.49. The molecule has 0 fully saturated rings. The molecule has 1 unspecified atom stereocenters. The normalized spacial score (nSPS) is 12.4. The van der Waals surface area contributed by atoms with E-state index in [1.54, 1.807) is 0 Å². The van der Waals surface area contributed by atoms with Crippen molar-refractivity contribution in [3.05, 3.63) is 0 Å². The van der Waals surface area contributed by atoms with E-state index in [0.29, 0.717) is 6.54 Å². The van der Waals surface area contributed by atoms with Crippen molar-refractivity contribution in [2.24, 2.45) is 5.92 Å². The van der Waals surface area contributed by atoms with Gasteiger partial charge >= 0.3 is 0 Å². The van der Waals surface area contributed by atoms with E-state index >= 15 is 0 Å². The first kappa shape index (κ1) is 13.3. The Morgan fingerprint density at radius 2 is 1.86 bits per heavy atom. The highest BCUT2D eigenvalue weighted by atomic mass is 32.1. The SMILES string of the molecule is CCNC(=O)CNC(=O)C(S)C(C)C. The lowest BCUT2D eigenvalue weighted by Gasteiger charge is -2.14. The number of hydrogen-bond donors (Lipinski definition) is 3. The van der Waals surface area contributed by atoms with Gasteiger partial charge in [-0.3, -0.25) is 9.59 Å². The Hall–Kier alpha value is -0.710. The molecule has 5 heteroatoms. The first-order valence-corrected chi connectivity index (χ1v) is 5.23. The molecule has 0 aliphatic heterocycles. The second-order valence-electron chi connectivity index (χ2n) is 3.36. The molecule has 14 heavy (non-hydrogen) atoms. The molecule has 0 bridgehead atoms. The van der Waals surface area contributed by atoms with E-state index in [0.717, 1.165) is 0 Å². The van der Waals surface area contributed by atoms with Gasteiger partial charge in [0.25, 0.3) is 0 Å². The maximum Gasteiger partial charge on any atom is 0.239 e. The van der Waals surface area contributed by atoms with E-state index in [1.807, 2.05) is 20.8 Å². The van der Waals surface area contributed by atoms with Gasteiger partial charge in [-0.05, 0) is 12.8 Å². The molecule has 0 aliphatic rings. The predicted octanol–water partition coefficient (Wildman–Crippen LogP) is 0.193. The zero-order valence-corrected chi connectivity index (χ0v) is 9.73. The molecule has 0 saturated carbocycles. The van der Waals surface area contributed by atoms with Gasteiger partial charge in [-0.1, -0.05) is 13.8 Å². The second-order valence-corrected chi connectivity index (χ2v) is 3.92. The molecule has 0 aliphatic carbocycles. The van der Waals surface area contributed by atoms with Crippen LogP contribution >= 0.6 is 12.6 Å². The molecule has 0 saturated heterocycles. The molecule has 0 aromatic rings. The third-order valence-corrected chi connectivity index (χ3v) is 2.53. The average molecular weight is 218 g/mol. The summed E-state index contributed by atoms with van der Waals surface area (Å²) in [5.74, 6) is -0.215. The number of carbonyl (C=O) groups is 2. The van der Waals surface area contributed by atoms with Crippen molar-refractivity contribution in [2.45, 2.75) is 26.0 Å². The molecule has 0 aromatic carbocycles. The summed E-state index contributed by atoms with van der Waals surface area (Å²) in [6.45, 7) is 6.24. The lowest BCUT2D eigenvalue weighted by Crippen LogP contribution is -2.41. The summed E-state index contributed by atoms with van der Waals surface area (Å²) in [6, 6.07) is 0. The molecule has 0 aromatic heterocycles. The summed E-state index contributed by atoms with van der Waals surface area (Å²) in [5, 5.41) is 4.75. The Morgan fingerprint density at radius 1 is 1.29 bits per heavy atom. The minimum atomic E-state index is -0.357. The maximum atomic E-state index is 11.3. The summed E-state index contributed by atoms with van der Waals surface area (Å²) in [5.41, 5.74) is 0. The molecule has 0 rings (SSSR count). The Bertz CT molecular complexity index is 207. The largest absolute Gasteiger partial charge is 0.355 e. The van der Waals surface area contributed by atoms with Crippen LogP contribution in [0, 0.1) is 5.92 Å². The maximum absolute atomic E-state index is 11.3. The van der Waals surface area contributed by atoms with Gasteiger partial charge in [-0.15, -0.1) is 0 Å². The lowest BCUT2D eigenvalue weighted by molar-refractivity contribution is -0.126. The van der Waals surface area contributed by atoms with Crippen LogP contribution in [0.2, 0.25) is 0 Å². The van der Waals surface area contributed by atoms with E-state index in [2.05, 4.69) is 23.3 Å². The molecule has 0 heterocycles. The number of thiol groups is 1. The van der Waals surface area contributed by atoms with E-state index in [4.69, 9.17) is 0 Å². The summed E-state index contributed by atoms with van der Waals surface area (Å²) in [4.78, 5) is 22.3. The minimum absolute atomic E-state index is 0.0243. The highest BCUT2D eigenvalue weighted by Gasteiger charge is 2.17. The smallest absolute Gasteiger partial charge is 0.239 e. The van der Waals surface area contributed by atoms with E-state index in [-0.39, 0.29) is 29.5 Å². The highest BCUT2D eigenvalue weighted by Crippen LogP contribution is 2.07. The summed E-state index contributed by atoms with van der Waals surface area (Å²) >= 11 is 4.13. The third-order valence-electron chi connectivity index (χ3n) is 1.70. The van der Waals surface area contributed by atoms with Gasteiger partial charge < -0.3 is 10.6 Å². The molecular formula is C9H18N2O2S. The molecular weight excluding hydrogens is 200 g/mol. The van der Waals surface area contributed by atoms with Crippen LogP contribution in [0.5, 0.6) is 0 Å². The van der Waals surface area contributed by atoms with Crippen molar-refractivity contribution in [1.29, 1.82) is 0 Å². The standard InChI is InChI=1S/C9H18N2O2S/c1-4-10-7(12)5-11-9(13)8(14)6(2)3/h6,8,14H,4-5H2,1-3H3,(H,10,12)(H,11,13). The number of amides is 2. The highest BCUT2D eigenvalue weighted by molar-refractivity contribution is 7.81. The Morgan fingerprint density at radius 3 is 2.29 bits per heavy atom. The van der Waals surface area contributed by atoms with Gasteiger partial charge in [-0.25, -0.2) is 0 Å². The van der Waals surface area contributed by atoms with Crippen molar-refractivity contribution in [1.82, 2.24) is 10.6 Å². The monoisotopic (exact) mass is 218 g/mol. The number of carbonyl (C=O) groups excluding carboxylic acids is 2. The van der Waals surface area contributed by atoms with Crippen LogP contribution in [0.3, 0.4) is 0 Å². The second kappa shape index (κ2) is 6.70. The number of hydrogen-bond acceptors (Lipinski definition) is 3. The van der Waals surface area contributed by atoms with Gasteiger partial charge in [0.1, 0.15) is 0 Å². The predicted molar refractivity (Wildman–Crippen MR) is 59.3 cm³/mol. The van der Waals surface area contributed by atoms with Crippen LogP contribution in [-0.4, -0.2) is 30.2 Å². The molecule has 82 valence electrons. The van der Waals surface area contributed by atoms with Gasteiger partial charge in [0.15, 0.2) is 0 Å². The zero-order valence-electron chi connectivity index (χ0n) is 8.83. The van der Waals surface area contributed by atoms with Crippen molar-refractivity contribution < 1.29 is 9.59 Å². The Kier molecular flexibility index (Phi) is 6.36. The molecule has 2 N–H and O–H groups in total. The van der Waals surface area contributed by atoms with Gasteiger partial charge in [0, 0.05) is 6.54 Å². The topological polar surface area (TPSA) is 58.2 Å². The molecule has 4 nitrogen and oxygen atoms in total. The third kappa shape index (κ3) is 5.11. The summed E-state index contributed by atoms with van der Waals surface area (Å²) in [6.07, 6.45) is 0. The zero-order chi connectivity index (χ0) is 11.1. The van der Waals surface area contributed by atoms with Gasteiger partial charge in [0.05, 0.1) is 11.8 Å². The van der Waals surface area contributed by atoms with Crippen LogP contribution in [0.15, 0.2) is 0 Å². The number of nitrogens with one attached hydrogen (secondary N) is 2. The van der Waals surface area contributed by atoms with Crippen molar-refractivity contribution >= 4 is 24.4 Å². The minimum Gasteiger partial charge on any atom is -0.355 e. The van der Waals surface area contributed by atoms with Crippen molar-refractivity contribution in [2.75, 3.05) is 13.1 Å². The Balaban J connectivity index is 3.79. The number of likely N-dealkylation sites (N-methyl/N-ethyl adjacent to an activating group) is 1.